The number of hydrogen-bond donors (Lipinski definition) is 1. The van der Waals surface area contributed by atoms with Gasteiger partial charge in [-0.25, -0.2) is 8.42 Å². The number of fused-ring (bicyclic) bond motifs is 1. The van der Waals surface area contributed by atoms with Crippen LogP contribution in [-0.2, 0) is 23.1 Å². The summed E-state index contributed by atoms with van der Waals surface area (Å²) in [5.74, 6) is -0.479. The topological polar surface area (TPSA) is 79.4 Å². The predicted octanol–water partition coefficient (Wildman–Crippen LogP) is 3.31. The monoisotopic (exact) mass is 411 g/mol. The summed E-state index contributed by atoms with van der Waals surface area (Å²) < 4.78 is 27.7. The van der Waals surface area contributed by atoms with Crippen LogP contribution >= 0.6 is 11.3 Å². The Kier molecular flexibility index (Phi) is 4.97. The minimum atomic E-state index is -3.98. The number of pyridine rings is 1. The summed E-state index contributed by atoms with van der Waals surface area (Å²) in [6.07, 6.45) is 4.64. The summed E-state index contributed by atoms with van der Waals surface area (Å²) in [6, 6.07) is 14.7. The average molecular weight is 412 g/mol. The first kappa shape index (κ1) is 18.4. The summed E-state index contributed by atoms with van der Waals surface area (Å²) >= 11 is 1.25. The number of benzene rings is 1. The van der Waals surface area contributed by atoms with Crippen LogP contribution in [0, 0.1) is 0 Å². The quantitative estimate of drug-likeness (QED) is 0.652. The van der Waals surface area contributed by atoms with Crippen molar-refractivity contribution in [3.8, 4) is 0 Å². The molecule has 28 heavy (non-hydrogen) atoms. The summed E-state index contributed by atoms with van der Waals surface area (Å²) in [5.41, 5.74) is 2.17. The smallest absolute Gasteiger partial charge is 0.270 e. The minimum absolute atomic E-state index is 0.167. The number of rotatable bonds is 5. The van der Waals surface area contributed by atoms with Crippen molar-refractivity contribution < 1.29 is 13.2 Å². The van der Waals surface area contributed by atoms with E-state index in [1.54, 1.807) is 29.9 Å². The third kappa shape index (κ3) is 3.44. The number of aromatic nitrogens is 1. The van der Waals surface area contributed by atoms with Crippen molar-refractivity contribution in [1.82, 2.24) is 10.3 Å². The van der Waals surface area contributed by atoms with Crippen LogP contribution in [0.1, 0.15) is 20.8 Å². The summed E-state index contributed by atoms with van der Waals surface area (Å²) in [5, 5.41) is 4.68. The number of anilines is 1. The average Bonchev–Trinajstić information content (AvgIpc) is 3.19. The maximum atomic E-state index is 13.2. The van der Waals surface area contributed by atoms with Gasteiger partial charge in [0.1, 0.15) is 4.88 Å². The molecule has 0 amide bonds. The van der Waals surface area contributed by atoms with E-state index in [2.05, 4.69) is 10.3 Å². The van der Waals surface area contributed by atoms with Gasteiger partial charge >= 0.3 is 0 Å². The number of allylic oxidation sites excluding steroid dienone is 1. The summed E-state index contributed by atoms with van der Waals surface area (Å²) in [4.78, 5) is 17.0. The molecule has 3 heterocycles. The third-order valence-corrected chi connectivity index (χ3v) is 7.01. The van der Waals surface area contributed by atoms with Gasteiger partial charge in [0.25, 0.3) is 10.0 Å². The number of nitrogens with one attached hydrogen (secondary N) is 1. The Balaban J connectivity index is 1.67. The minimum Gasteiger partial charge on any atom is -0.386 e. The van der Waals surface area contributed by atoms with Gasteiger partial charge < -0.3 is 5.32 Å². The van der Waals surface area contributed by atoms with Crippen LogP contribution < -0.4 is 9.62 Å². The number of ketones is 1. The Morgan fingerprint density at radius 1 is 1.07 bits per heavy atom. The molecule has 4 rings (SSSR count). The normalized spacial score (nSPS) is 16.8. The van der Waals surface area contributed by atoms with Gasteiger partial charge in [-0.3, -0.25) is 14.1 Å². The van der Waals surface area contributed by atoms with E-state index in [4.69, 9.17) is 0 Å². The third-order valence-electron chi connectivity index (χ3n) is 4.34. The first-order valence-corrected chi connectivity index (χ1v) is 10.9. The second-order valence-corrected chi connectivity index (χ2v) is 8.96. The molecular weight excluding hydrogens is 394 g/mol. The van der Waals surface area contributed by atoms with Gasteiger partial charge in [0.05, 0.1) is 12.2 Å². The highest BCUT2D eigenvalue weighted by molar-refractivity contribution is 7.97. The van der Waals surface area contributed by atoms with Gasteiger partial charge in [-0.15, -0.1) is 11.3 Å². The Morgan fingerprint density at radius 3 is 2.61 bits per heavy atom. The van der Waals surface area contributed by atoms with Crippen molar-refractivity contribution in [3.05, 3.63) is 93.4 Å². The lowest BCUT2D eigenvalue weighted by molar-refractivity contribution is 0.104. The highest BCUT2D eigenvalue weighted by atomic mass is 32.2. The fourth-order valence-electron chi connectivity index (χ4n) is 2.97. The van der Waals surface area contributed by atoms with Gasteiger partial charge in [-0.2, -0.15) is 0 Å². The van der Waals surface area contributed by atoms with Crippen LogP contribution in [0.25, 0.3) is 0 Å². The maximum absolute atomic E-state index is 13.2. The van der Waals surface area contributed by atoms with Crippen molar-refractivity contribution in [1.29, 1.82) is 0 Å². The maximum Gasteiger partial charge on any atom is 0.270 e. The molecule has 6 nitrogen and oxygen atoms in total. The van der Waals surface area contributed by atoms with E-state index < -0.39 is 15.8 Å². The summed E-state index contributed by atoms with van der Waals surface area (Å²) in [6.45, 7) is 0.538. The molecule has 0 bridgehead atoms. The van der Waals surface area contributed by atoms with Crippen molar-refractivity contribution in [2.75, 3.05) is 4.31 Å². The van der Waals surface area contributed by atoms with Crippen LogP contribution in [0.2, 0.25) is 0 Å². The van der Waals surface area contributed by atoms with E-state index in [1.807, 2.05) is 36.4 Å². The van der Waals surface area contributed by atoms with Gasteiger partial charge in [0.2, 0.25) is 5.78 Å². The predicted molar refractivity (Wildman–Crippen MR) is 109 cm³/mol. The largest absolute Gasteiger partial charge is 0.386 e. The van der Waals surface area contributed by atoms with Crippen molar-refractivity contribution >= 4 is 32.8 Å². The van der Waals surface area contributed by atoms with Gasteiger partial charge in [0, 0.05) is 25.1 Å². The van der Waals surface area contributed by atoms with Gasteiger partial charge in [-0.05, 0) is 28.6 Å². The lowest BCUT2D eigenvalue weighted by Gasteiger charge is -2.29. The number of Topliss-reactive ketones (excluding diaryl/α,β-unsaturated/α-hetero) is 1. The fraction of sp³-hybridized carbons (Fsp3) is 0.100. The van der Waals surface area contributed by atoms with Crippen molar-refractivity contribution in [3.63, 3.8) is 0 Å². The fourth-order valence-corrected chi connectivity index (χ4v) is 5.48. The summed E-state index contributed by atoms with van der Waals surface area (Å²) in [7, 11) is -3.98. The highest BCUT2D eigenvalue weighted by Gasteiger charge is 2.41. The molecule has 8 heteroatoms. The molecule has 3 aromatic rings. The van der Waals surface area contributed by atoms with Crippen molar-refractivity contribution in [2.24, 2.45) is 0 Å². The molecule has 0 spiro atoms. The molecule has 0 atom stereocenters. The molecule has 1 N–H and O–H groups in total. The highest BCUT2D eigenvalue weighted by Crippen LogP contribution is 2.39. The molecular formula is C20H17N3O3S2. The van der Waals surface area contributed by atoms with E-state index in [0.717, 1.165) is 11.1 Å². The standard InChI is InChI=1S/C20H17N3O3S2/c24-19-18(13-22-12-16-7-4-9-21-11-16)28(25,26)23(17-8-10-27-20(17)19)14-15-5-2-1-3-6-15/h1-11,13,22H,12,14H2/b18-13-. The number of thiophene rings is 1. The van der Waals surface area contributed by atoms with Crippen molar-refractivity contribution in [2.45, 2.75) is 13.1 Å². The SMILES string of the molecule is O=C1/C(=C/NCc2cccnc2)S(=O)(=O)N(Cc2ccccc2)c2ccsc21. The molecule has 1 aliphatic heterocycles. The Hall–Kier alpha value is -2.97. The zero-order valence-electron chi connectivity index (χ0n) is 14.8. The first-order chi connectivity index (χ1) is 13.6. The zero-order chi connectivity index (χ0) is 19.6. The van der Waals surface area contributed by atoms with E-state index >= 15 is 0 Å². The van der Waals surface area contributed by atoms with Crippen LogP contribution in [-0.4, -0.2) is 19.2 Å². The first-order valence-electron chi connectivity index (χ1n) is 8.58. The molecule has 0 fully saturated rings. The lowest BCUT2D eigenvalue weighted by Crippen LogP contribution is -2.38. The molecule has 1 aromatic carbocycles. The molecule has 0 aliphatic carbocycles. The molecule has 0 radical (unpaired) electrons. The molecule has 142 valence electrons. The number of hydrogen-bond acceptors (Lipinski definition) is 6. The molecule has 1 aliphatic rings. The van der Waals surface area contributed by atoms with Crippen LogP contribution in [0.5, 0.6) is 0 Å². The number of carbonyl (C=O) groups is 1. The van der Waals surface area contributed by atoms with E-state index in [-0.39, 0.29) is 11.4 Å². The second kappa shape index (κ2) is 7.57. The van der Waals surface area contributed by atoms with Crippen LogP contribution in [0.15, 0.2) is 77.4 Å². The van der Waals surface area contributed by atoms with E-state index in [9.17, 15) is 13.2 Å². The van der Waals surface area contributed by atoms with E-state index in [1.165, 1.54) is 21.8 Å². The number of sulfonamides is 1. The Bertz CT molecular complexity index is 1120. The van der Waals surface area contributed by atoms with Gasteiger partial charge in [0.15, 0.2) is 4.91 Å². The van der Waals surface area contributed by atoms with Crippen LogP contribution in [0.3, 0.4) is 0 Å². The Morgan fingerprint density at radius 2 is 1.86 bits per heavy atom. The van der Waals surface area contributed by atoms with Crippen LogP contribution in [0.4, 0.5) is 5.69 Å². The number of carbonyl (C=O) groups excluding carboxylic acids is 1. The number of nitrogens with zero attached hydrogens (tertiary/aromatic N) is 2. The van der Waals surface area contributed by atoms with Gasteiger partial charge in [-0.1, -0.05) is 36.4 Å². The Labute approximate surface area is 167 Å². The second-order valence-electron chi connectivity index (χ2n) is 6.21. The molecule has 0 unspecified atom stereocenters. The molecule has 0 saturated carbocycles. The zero-order valence-corrected chi connectivity index (χ0v) is 16.4. The lowest BCUT2D eigenvalue weighted by atomic mass is 10.2. The molecule has 2 aromatic heterocycles. The van der Waals surface area contributed by atoms with E-state index in [0.29, 0.717) is 17.1 Å². The molecule has 0 saturated heterocycles.